The van der Waals surface area contributed by atoms with E-state index in [2.05, 4.69) is 15.1 Å². The molecule has 6 heteroatoms. The van der Waals surface area contributed by atoms with Crippen LogP contribution in [0.2, 0.25) is 0 Å². The highest BCUT2D eigenvalue weighted by molar-refractivity contribution is 6.07. The van der Waals surface area contributed by atoms with Crippen LogP contribution < -0.4 is 10.2 Å². The molecule has 166 valence electrons. The van der Waals surface area contributed by atoms with Crippen LogP contribution in [0.4, 0.5) is 5.82 Å². The quantitative estimate of drug-likeness (QED) is 0.672. The lowest BCUT2D eigenvalue weighted by Gasteiger charge is -2.40. The molecule has 3 aromatic rings. The molecule has 3 heterocycles. The first-order valence-electron chi connectivity index (χ1n) is 11.6. The number of ether oxygens (including phenoxy) is 1. The van der Waals surface area contributed by atoms with Crippen molar-refractivity contribution in [2.75, 3.05) is 44.3 Å². The number of benzene rings is 2. The Bertz CT molecular complexity index is 1060. The molecule has 0 aliphatic carbocycles. The number of amides is 1. The fourth-order valence-electron chi connectivity index (χ4n) is 4.79. The average molecular weight is 431 g/mol. The summed E-state index contributed by atoms with van der Waals surface area (Å²) in [4.78, 5) is 23.0. The number of fused-ring (bicyclic) bond motifs is 1. The van der Waals surface area contributed by atoms with Crippen molar-refractivity contribution in [1.29, 1.82) is 0 Å². The van der Waals surface area contributed by atoms with Gasteiger partial charge in [0.25, 0.3) is 5.91 Å². The maximum atomic E-state index is 13.1. The Morgan fingerprint density at radius 3 is 2.47 bits per heavy atom. The van der Waals surface area contributed by atoms with Crippen molar-refractivity contribution in [1.82, 2.24) is 15.2 Å². The van der Waals surface area contributed by atoms with Gasteiger partial charge in [0, 0.05) is 44.2 Å². The topological polar surface area (TPSA) is 57.7 Å². The lowest BCUT2D eigenvalue weighted by molar-refractivity contribution is 0.0115. The number of hydrogen-bond donors (Lipinski definition) is 1. The molecule has 0 unspecified atom stereocenters. The number of morpholine rings is 1. The summed E-state index contributed by atoms with van der Waals surface area (Å²) in [5.41, 5.74) is 2.65. The zero-order chi connectivity index (χ0) is 21.8. The molecule has 2 aromatic carbocycles. The van der Waals surface area contributed by atoms with Crippen LogP contribution >= 0.6 is 0 Å². The molecule has 1 aromatic heterocycles. The molecule has 32 heavy (non-hydrogen) atoms. The second-order valence-electron chi connectivity index (χ2n) is 8.58. The predicted octanol–water partition coefficient (Wildman–Crippen LogP) is 3.47. The lowest BCUT2D eigenvalue weighted by atomic mass is 10.0. The molecule has 2 aliphatic heterocycles. The number of carbonyl (C=O) groups is 1. The van der Waals surface area contributed by atoms with Gasteiger partial charge in [-0.1, -0.05) is 48.5 Å². The molecule has 1 N–H and O–H groups in total. The second-order valence-corrected chi connectivity index (χ2v) is 8.58. The van der Waals surface area contributed by atoms with Gasteiger partial charge >= 0.3 is 0 Å². The first kappa shape index (κ1) is 20.9. The fourth-order valence-corrected chi connectivity index (χ4v) is 4.79. The van der Waals surface area contributed by atoms with Crippen molar-refractivity contribution in [3.05, 3.63) is 71.8 Å². The number of hydrogen-bond acceptors (Lipinski definition) is 5. The van der Waals surface area contributed by atoms with Crippen LogP contribution in [-0.4, -0.2) is 61.2 Å². The summed E-state index contributed by atoms with van der Waals surface area (Å²) in [6.07, 6.45) is 2.23. The summed E-state index contributed by atoms with van der Waals surface area (Å²) < 4.78 is 5.51. The van der Waals surface area contributed by atoms with E-state index in [0.717, 1.165) is 74.5 Å². The van der Waals surface area contributed by atoms with Gasteiger partial charge in [0.1, 0.15) is 5.82 Å². The maximum Gasteiger partial charge on any atom is 0.252 e. The molecule has 2 saturated heterocycles. The minimum Gasteiger partial charge on any atom is -0.379 e. The van der Waals surface area contributed by atoms with Gasteiger partial charge in [-0.15, -0.1) is 0 Å². The summed E-state index contributed by atoms with van der Waals surface area (Å²) >= 11 is 0. The van der Waals surface area contributed by atoms with Crippen molar-refractivity contribution in [2.45, 2.75) is 25.4 Å². The number of nitrogens with one attached hydrogen (secondary N) is 1. The van der Waals surface area contributed by atoms with Crippen LogP contribution in [-0.2, 0) is 11.3 Å². The third-order valence-electron chi connectivity index (χ3n) is 6.59. The molecule has 0 atom stereocenters. The van der Waals surface area contributed by atoms with Crippen LogP contribution in [0.15, 0.2) is 60.7 Å². The predicted molar refractivity (Wildman–Crippen MR) is 127 cm³/mol. The van der Waals surface area contributed by atoms with Crippen molar-refractivity contribution in [2.24, 2.45) is 0 Å². The monoisotopic (exact) mass is 430 g/mol. The Kier molecular flexibility index (Phi) is 6.32. The van der Waals surface area contributed by atoms with Gasteiger partial charge in [-0.3, -0.25) is 9.69 Å². The van der Waals surface area contributed by atoms with E-state index in [1.165, 1.54) is 0 Å². The molecule has 2 aliphatic rings. The van der Waals surface area contributed by atoms with Crippen LogP contribution in [0.25, 0.3) is 10.9 Å². The third kappa shape index (κ3) is 4.61. The Hall–Kier alpha value is -2.96. The molecular formula is C26H30N4O2. The van der Waals surface area contributed by atoms with E-state index in [4.69, 9.17) is 9.72 Å². The smallest absolute Gasteiger partial charge is 0.252 e. The number of piperidine rings is 1. The Morgan fingerprint density at radius 2 is 1.69 bits per heavy atom. The van der Waals surface area contributed by atoms with Gasteiger partial charge < -0.3 is 15.0 Å². The van der Waals surface area contributed by atoms with Gasteiger partial charge in [0.15, 0.2) is 0 Å². The Morgan fingerprint density at radius 1 is 0.969 bits per heavy atom. The van der Waals surface area contributed by atoms with Crippen LogP contribution in [0.3, 0.4) is 0 Å². The first-order valence-corrected chi connectivity index (χ1v) is 11.6. The number of carbonyl (C=O) groups excluding carboxylic acids is 1. The Labute approximate surface area is 189 Å². The van der Waals surface area contributed by atoms with E-state index >= 15 is 0 Å². The molecule has 0 spiro atoms. The van der Waals surface area contributed by atoms with Crippen LogP contribution in [0.1, 0.15) is 28.8 Å². The van der Waals surface area contributed by atoms with E-state index in [1.807, 2.05) is 60.7 Å². The van der Waals surface area contributed by atoms with Crippen molar-refractivity contribution in [3.63, 3.8) is 0 Å². The molecule has 0 radical (unpaired) electrons. The minimum atomic E-state index is -0.0584. The molecule has 0 saturated carbocycles. The van der Waals surface area contributed by atoms with E-state index < -0.39 is 0 Å². The average Bonchev–Trinajstić information content (AvgIpc) is 2.88. The van der Waals surface area contributed by atoms with E-state index in [0.29, 0.717) is 18.2 Å². The van der Waals surface area contributed by atoms with E-state index in [-0.39, 0.29) is 5.91 Å². The number of rotatable bonds is 5. The summed E-state index contributed by atoms with van der Waals surface area (Å²) in [5.74, 6) is 0.839. The fraction of sp³-hybridized carbons (Fsp3) is 0.385. The summed E-state index contributed by atoms with van der Waals surface area (Å²) in [6, 6.07) is 20.5. The molecule has 0 bridgehead atoms. The molecule has 5 rings (SSSR count). The van der Waals surface area contributed by atoms with Crippen LogP contribution in [0, 0.1) is 0 Å². The summed E-state index contributed by atoms with van der Waals surface area (Å²) in [6.45, 7) is 6.17. The van der Waals surface area contributed by atoms with E-state index in [1.54, 1.807) is 0 Å². The first-order chi connectivity index (χ1) is 15.8. The number of nitrogens with zero attached hydrogens (tertiary/aromatic N) is 3. The molecular weight excluding hydrogens is 400 g/mol. The lowest BCUT2D eigenvalue weighted by Crippen LogP contribution is -2.49. The standard InChI is InChI=1S/C26H30N4O2/c31-26(27-19-20-6-2-1-3-7-20)23-18-25(28-24-9-5-4-8-22(23)24)30-12-10-21(11-13-30)29-14-16-32-17-15-29/h1-9,18,21H,10-17,19H2,(H,27,31). The number of pyridine rings is 1. The van der Waals surface area contributed by atoms with Gasteiger partial charge in [0.2, 0.25) is 0 Å². The van der Waals surface area contributed by atoms with Crippen molar-refractivity contribution < 1.29 is 9.53 Å². The van der Waals surface area contributed by atoms with Crippen molar-refractivity contribution >= 4 is 22.6 Å². The zero-order valence-corrected chi connectivity index (χ0v) is 18.4. The second kappa shape index (κ2) is 9.67. The highest BCUT2D eigenvalue weighted by Crippen LogP contribution is 2.27. The van der Waals surface area contributed by atoms with Crippen LogP contribution in [0.5, 0.6) is 0 Å². The molecule has 1 amide bonds. The van der Waals surface area contributed by atoms with Gasteiger partial charge in [-0.05, 0) is 30.5 Å². The highest BCUT2D eigenvalue weighted by atomic mass is 16.5. The zero-order valence-electron chi connectivity index (χ0n) is 18.4. The van der Waals surface area contributed by atoms with Crippen molar-refractivity contribution in [3.8, 4) is 0 Å². The third-order valence-corrected chi connectivity index (χ3v) is 6.59. The molecule has 6 nitrogen and oxygen atoms in total. The van der Waals surface area contributed by atoms with Gasteiger partial charge in [-0.25, -0.2) is 4.98 Å². The minimum absolute atomic E-state index is 0.0584. The Balaban J connectivity index is 1.33. The molecule has 2 fully saturated rings. The van der Waals surface area contributed by atoms with Gasteiger partial charge in [-0.2, -0.15) is 0 Å². The maximum absolute atomic E-state index is 13.1. The summed E-state index contributed by atoms with van der Waals surface area (Å²) in [7, 11) is 0. The summed E-state index contributed by atoms with van der Waals surface area (Å²) in [5, 5.41) is 3.98. The number of para-hydroxylation sites is 1. The number of aromatic nitrogens is 1. The van der Waals surface area contributed by atoms with E-state index in [9.17, 15) is 4.79 Å². The number of anilines is 1. The SMILES string of the molecule is O=C(NCc1ccccc1)c1cc(N2CCC(N3CCOCC3)CC2)nc2ccccc12. The largest absolute Gasteiger partial charge is 0.379 e. The highest BCUT2D eigenvalue weighted by Gasteiger charge is 2.27. The van der Waals surface area contributed by atoms with Gasteiger partial charge in [0.05, 0.1) is 24.3 Å². The normalized spacial score (nSPS) is 18.1.